The number of hydrogen-bond donors (Lipinski definition) is 0. The third-order valence-corrected chi connectivity index (χ3v) is 3.12. The molecule has 18 heavy (non-hydrogen) atoms. The van der Waals surface area contributed by atoms with Gasteiger partial charge in [-0.15, -0.1) is 0 Å². The van der Waals surface area contributed by atoms with Gasteiger partial charge in [-0.3, -0.25) is 0 Å². The maximum atomic E-state index is 5.61. The van der Waals surface area contributed by atoms with Crippen LogP contribution < -0.4 is 9.47 Å². The number of para-hydroxylation sites is 1. The topological polar surface area (TPSA) is 18.5 Å². The number of benzene rings is 2. The molecule has 0 radical (unpaired) electrons. The molecule has 0 unspecified atom stereocenters. The van der Waals surface area contributed by atoms with Crippen molar-refractivity contribution in [2.75, 3.05) is 13.2 Å². The lowest BCUT2D eigenvalue weighted by Gasteiger charge is -2.09. The van der Waals surface area contributed by atoms with E-state index in [1.807, 2.05) is 48.5 Å². The molecule has 0 aliphatic heterocycles. The standard InChI is InChI=1S/C15H15BrO2/c1-12-6-8-13(9-7-12)17-10-11-18-15-5-3-2-4-14(15)16/h2-9H,10-11H2,1H3. The average Bonchev–Trinajstić information content (AvgIpc) is 2.39. The van der Waals surface area contributed by atoms with Gasteiger partial charge < -0.3 is 9.47 Å². The average molecular weight is 307 g/mol. The molecule has 2 rings (SSSR count). The van der Waals surface area contributed by atoms with Gasteiger partial charge in [-0.05, 0) is 47.1 Å². The van der Waals surface area contributed by atoms with Gasteiger partial charge >= 0.3 is 0 Å². The van der Waals surface area contributed by atoms with E-state index in [4.69, 9.17) is 9.47 Å². The molecule has 94 valence electrons. The summed E-state index contributed by atoms with van der Waals surface area (Å²) in [6.07, 6.45) is 0. The Kier molecular flexibility index (Phi) is 4.65. The summed E-state index contributed by atoms with van der Waals surface area (Å²) in [7, 11) is 0. The molecular formula is C15H15BrO2. The molecule has 0 N–H and O–H groups in total. The largest absolute Gasteiger partial charge is 0.490 e. The van der Waals surface area contributed by atoms with E-state index >= 15 is 0 Å². The summed E-state index contributed by atoms with van der Waals surface area (Å²) in [5, 5.41) is 0. The second-order valence-electron chi connectivity index (χ2n) is 3.94. The van der Waals surface area contributed by atoms with Gasteiger partial charge in [0, 0.05) is 0 Å². The second-order valence-corrected chi connectivity index (χ2v) is 4.79. The smallest absolute Gasteiger partial charge is 0.133 e. The Balaban J connectivity index is 1.76. The Bertz CT molecular complexity index is 494. The summed E-state index contributed by atoms with van der Waals surface area (Å²) in [6.45, 7) is 3.11. The van der Waals surface area contributed by atoms with Crippen molar-refractivity contribution >= 4 is 15.9 Å². The molecule has 2 aromatic rings. The van der Waals surface area contributed by atoms with Crippen molar-refractivity contribution in [2.24, 2.45) is 0 Å². The van der Waals surface area contributed by atoms with Gasteiger partial charge in [0.25, 0.3) is 0 Å². The molecule has 2 aromatic carbocycles. The zero-order chi connectivity index (χ0) is 12.8. The van der Waals surface area contributed by atoms with Crippen LogP contribution in [0.2, 0.25) is 0 Å². The zero-order valence-electron chi connectivity index (χ0n) is 10.2. The van der Waals surface area contributed by atoms with Gasteiger partial charge in [0.05, 0.1) is 4.47 Å². The molecule has 0 saturated carbocycles. The van der Waals surface area contributed by atoms with E-state index in [1.165, 1.54) is 5.56 Å². The maximum Gasteiger partial charge on any atom is 0.133 e. The second kappa shape index (κ2) is 6.45. The minimum Gasteiger partial charge on any atom is -0.490 e. The molecule has 3 heteroatoms. The summed E-state index contributed by atoms with van der Waals surface area (Å²) in [4.78, 5) is 0. The Morgan fingerprint density at radius 1 is 0.889 bits per heavy atom. The van der Waals surface area contributed by atoms with Gasteiger partial charge in [-0.2, -0.15) is 0 Å². The fraction of sp³-hybridized carbons (Fsp3) is 0.200. The van der Waals surface area contributed by atoms with Crippen LogP contribution in [0.3, 0.4) is 0 Å². The minimum absolute atomic E-state index is 0.524. The highest BCUT2D eigenvalue weighted by Crippen LogP contribution is 2.23. The van der Waals surface area contributed by atoms with E-state index in [0.717, 1.165) is 16.0 Å². The quantitative estimate of drug-likeness (QED) is 0.770. The summed E-state index contributed by atoms with van der Waals surface area (Å²) in [6, 6.07) is 15.8. The molecule has 0 fully saturated rings. The molecule has 0 atom stereocenters. The van der Waals surface area contributed by atoms with Gasteiger partial charge in [0.2, 0.25) is 0 Å². The van der Waals surface area contributed by atoms with Crippen molar-refractivity contribution in [3.63, 3.8) is 0 Å². The number of ether oxygens (including phenoxy) is 2. The van der Waals surface area contributed by atoms with Crippen LogP contribution in [0.1, 0.15) is 5.56 Å². The third kappa shape index (κ3) is 3.77. The van der Waals surface area contributed by atoms with Crippen LogP contribution in [0, 0.1) is 6.92 Å². The predicted octanol–water partition coefficient (Wildman–Crippen LogP) is 4.22. The van der Waals surface area contributed by atoms with Gasteiger partial charge in [0.15, 0.2) is 0 Å². The van der Waals surface area contributed by atoms with Crippen LogP contribution >= 0.6 is 15.9 Å². The van der Waals surface area contributed by atoms with E-state index in [-0.39, 0.29) is 0 Å². The van der Waals surface area contributed by atoms with Crippen LogP contribution in [0.15, 0.2) is 53.0 Å². The first-order valence-corrected chi connectivity index (χ1v) is 6.62. The SMILES string of the molecule is Cc1ccc(OCCOc2ccccc2Br)cc1. The first-order valence-electron chi connectivity index (χ1n) is 5.82. The van der Waals surface area contributed by atoms with Crippen molar-refractivity contribution in [3.05, 3.63) is 58.6 Å². The lowest BCUT2D eigenvalue weighted by molar-refractivity contribution is 0.216. The minimum atomic E-state index is 0.524. The third-order valence-electron chi connectivity index (χ3n) is 2.47. The van der Waals surface area contributed by atoms with Crippen molar-refractivity contribution in [1.82, 2.24) is 0 Å². The van der Waals surface area contributed by atoms with Crippen molar-refractivity contribution in [1.29, 1.82) is 0 Å². The predicted molar refractivity (Wildman–Crippen MR) is 76.3 cm³/mol. The normalized spacial score (nSPS) is 10.1. The van der Waals surface area contributed by atoms with Crippen LogP contribution in [0.4, 0.5) is 0 Å². The Hall–Kier alpha value is -1.48. The summed E-state index contributed by atoms with van der Waals surface area (Å²) in [5.41, 5.74) is 1.23. The Morgan fingerprint density at radius 3 is 2.28 bits per heavy atom. The number of halogens is 1. The molecule has 0 aliphatic rings. The molecule has 2 nitrogen and oxygen atoms in total. The maximum absolute atomic E-state index is 5.61. The Morgan fingerprint density at radius 2 is 1.56 bits per heavy atom. The van der Waals surface area contributed by atoms with Gasteiger partial charge in [-0.25, -0.2) is 0 Å². The number of aryl methyl sites for hydroxylation is 1. The van der Waals surface area contributed by atoms with Crippen molar-refractivity contribution < 1.29 is 9.47 Å². The summed E-state index contributed by atoms with van der Waals surface area (Å²) < 4.78 is 12.2. The van der Waals surface area contributed by atoms with Crippen LogP contribution in [-0.2, 0) is 0 Å². The lowest BCUT2D eigenvalue weighted by atomic mass is 10.2. The van der Waals surface area contributed by atoms with E-state index < -0.39 is 0 Å². The van der Waals surface area contributed by atoms with E-state index in [2.05, 4.69) is 22.9 Å². The van der Waals surface area contributed by atoms with Gasteiger partial charge in [-0.1, -0.05) is 29.8 Å². The fourth-order valence-electron chi connectivity index (χ4n) is 1.51. The molecule has 0 aromatic heterocycles. The first-order chi connectivity index (χ1) is 8.75. The molecular weight excluding hydrogens is 292 g/mol. The molecule has 0 bridgehead atoms. The summed E-state index contributed by atoms with van der Waals surface area (Å²) in [5.74, 6) is 1.71. The van der Waals surface area contributed by atoms with Crippen LogP contribution in [-0.4, -0.2) is 13.2 Å². The summed E-state index contributed by atoms with van der Waals surface area (Å²) >= 11 is 3.44. The van der Waals surface area contributed by atoms with Gasteiger partial charge in [0.1, 0.15) is 24.7 Å². The van der Waals surface area contributed by atoms with Crippen molar-refractivity contribution in [3.8, 4) is 11.5 Å². The van der Waals surface area contributed by atoms with Crippen LogP contribution in [0.5, 0.6) is 11.5 Å². The molecule has 0 spiro atoms. The monoisotopic (exact) mass is 306 g/mol. The van der Waals surface area contributed by atoms with E-state index in [9.17, 15) is 0 Å². The van der Waals surface area contributed by atoms with Crippen LogP contribution in [0.25, 0.3) is 0 Å². The zero-order valence-corrected chi connectivity index (χ0v) is 11.8. The fourth-order valence-corrected chi connectivity index (χ4v) is 1.91. The molecule has 0 saturated heterocycles. The molecule has 0 amide bonds. The van der Waals surface area contributed by atoms with Crippen molar-refractivity contribution in [2.45, 2.75) is 6.92 Å². The Labute approximate surface area is 116 Å². The number of rotatable bonds is 5. The van der Waals surface area contributed by atoms with E-state index in [0.29, 0.717) is 13.2 Å². The van der Waals surface area contributed by atoms with E-state index in [1.54, 1.807) is 0 Å². The first kappa shape index (κ1) is 13.0. The number of hydrogen-bond acceptors (Lipinski definition) is 2. The molecule has 0 heterocycles. The highest BCUT2D eigenvalue weighted by atomic mass is 79.9. The highest BCUT2D eigenvalue weighted by molar-refractivity contribution is 9.10. The highest BCUT2D eigenvalue weighted by Gasteiger charge is 1.99. The molecule has 0 aliphatic carbocycles. The lowest BCUT2D eigenvalue weighted by Crippen LogP contribution is -2.09.